The molecule has 2 aromatic rings. The molecule has 0 N–H and O–H groups in total. The first-order chi connectivity index (χ1) is 7.22. The zero-order valence-electron chi connectivity index (χ0n) is 8.44. The second-order valence-corrected chi connectivity index (χ2v) is 4.30. The van der Waals surface area contributed by atoms with Gasteiger partial charge in [0.15, 0.2) is 5.16 Å². The number of hydrogen-bond donors (Lipinski definition) is 0. The number of benzene rings is 1. The Morgan fingerprint density at radius 1 is 1.40 bits per heavy atom. The zero-order chi connectivity index (χ0) is 10.8. The molecule has 0 saturated heterocycles. The minimum Gasteiger partial charge on any atom is -0.277 e. The van der Waals surface area contributed by atoms with Gasteiger partial charge in [0.25, 0.3) is 0 Å². The van der Waals surface area contributed by atoms with Crippen LogP contribution < -0.4 is 0 Å². The smallest absolute Gasteiger partial charge is 0.195 e. The fraction of sp³-hybridized carbons (Fsp3) is 0.200. The van der Waals surface area contributed by atoms with E-state index in [2.05, 4.69) is 10.2 Å². The normalized spacial score (nSPS) is 10.6. The molecule has 3 nitrogen and oxygen atoms in total. The van der Waals surface area contributed by atoms with E-state index in [1.165, 1.54) is 0 Å². The van der Waals surface area contributed by atoms with E-state index < -0.39 is 0 Å². The van der Waals surface area contributed by atoms with Gasteiger partial charge in [0.2, 0.25) is 0 Å². The maximum absolute atomic E-state index is 6.07. The van der Waals surface area contributed by atoms with Crippen molar-refractivity contribution in [3.63, 3.8) is 0 Å². The predicted molar refractivity (Wildman–Crippen MR) is 62.9 cm³/mol. The Morgan fingerprint density at radius 2 is 2.20 bits per heavy atom. The molecule has 0 fully saturated rings. The summed E-state index contributed by atoms with van der Waals surface area (Å²) in [4.78, 5) is 0. The SMILES string of the molecule is CSc1nncn1-c1ccc(C)c(Cl)c1. The lowest BCUT2D eigenvalue weighted by atomic mass is 10.2. The molecule has 0 radical (unpaired) electrons. The molecule has 1 aromatic carbocycles. The Balaban J connectivity index is 2.50. The Morgan fingerprint density at radius 3 is 2.87 bits per heavy atom. The fourth-order valence-electron chi connectivity index (χ4n) is 1.27. The lowest BCUT2D eigenvalue weighted by molar-refractivity contribution is 0.886. The van der Waals surface area contributed by atoms with Gasteiger partial charge < -0.3 is 0 Å². The summed E-state index contributed by atoms with van der Waals surface area (Å²) in [5.41, 5.74) is 2.05. The van der Waals surface area contributed by atoms with Crippen molar-refractivity contribution in [1.29, 1.82) is 0 Å². The van der Waals surface area contributed by atoms with Crippen LogP contribution in [0.4, 0.5) is 0 Å². The van der Waals surface area contributed by atoms with Gasteiger partial charge in [-0.05, 0) is 30.9 Å². The molecule has 5 heteroatoms. The Labute approximate surface area is 97.5 Å². The van der Waals surface area contributed by atoms with Crippen molar-refractivity contribution >= 4 is 23.4 Å². The van der Waals surface area contributed by atoms with Gasteiger partial charge in [0.05, 0.1) is 5.69 Å². The highest BCUT2D eigenvalue weighted by atomic mass is 35.5. The minimum atomic E-state index is 0.758. The summed E-state index contributed by atoms with van der Waals surface area (Å²) in [5.74, 6) is 0. The van der Waals surface area contributed by atoms with Gasteiger partial charge in [-0.15, -0.1) is 10.2 Å². The summed E-state index contributed by atoms with van der Waals surface area (Å²) in [6.07, 6.45) is 3.66. The lowest BCUT2D eigenvalue weighted by Crippen LogP contribution is -1.94. The van der Waals surface area contributed by atoms with E-state index in [-0.39, 0.29) is 0 Å². The highest BCUT2D eigenvalue weighted by Gasteiger charge is 2.05. The third-order valence-electron chi connectivity index (χ3n) is 2.13. The Kier molecular flexibility index (Phi) is 2.98. The van der Waals surface area contributed by atoms with Crippen LogP contribution in [0.5, 0.6) is 0 Å². The standard InChI is InChI=1S/C10H10ClN3S/c1-7-3-4-8(5-9(7)11)14-6-12-13-10(14)15-2/h3-6H,1-2H3. The molecule has 0 saturated carbocycles. The highest BCUT2D eigenvalue weighted by molar-refractivity contribution is 7.98. The first-order valence-electron chi connectivity index (χ1n) is 4.43. The monoisotopic (exact) mass is 239 g/mol. The molecule has 0 aliphatic heterocycles. The molecule has 0 bridgehead atoms. The summed E-state index contributed by atoms with van der Waals surface area (Å²) in [6.45, 7) is 1.98. The number of hydrogen-bond acceptors (Lipinski definition) is 3. The highest BCUT2D eigenvalue weighted by Crippen LogP contribution is 2.22. The molecule has 1 aromatic heterocycles. The molecule has 1 heterocycles. The fourth-order valence-corrected chi connectivity index (χ4v) is 1.93. The topological polar surface area (TPSA) is 30.7 Å². The molecule has 0 unspecified atom stereocenters. The number of aromatic nitrogens is 3. The summed E-state index contributed by atoms with van der Waals surface area (Å²) in [6, 6.07) is 5.91. The molecule has 0 atom stereocenters. The van der Waals surface area contributed by atoms with Crippen LogP contribution >= 0.6 is 23.4 Å². The molecule has 78 valence electrons. The van der Waals surface area contributed by atoms with Gasteiger partial charge in [0, 0.05) is 5.02 Å². The van der Waals surface area contributed by atoms with Crippen LogP contribution in [0.2, 0.25) is 5.02 Å². The number of rotatable bonds is 2. The molecule has 0 aliphatic rings. The summed E-state index contributed by atoms with van der Waals surface area (Å²) in [5, 5.41) is 9.48. The van der Waals surface area contributed by atoms with Gasteiger partial charge in [-0.2, -0.15) is 0 Å². The third kappa shape index (κ3) is 2.01. The summed E-state index contributed by atoms with van der Waals surface area (Å²) < 4.78 is 1.91. The van der Waals surface area contributed by atoms with Crippen molar-refractivity contribution in [3.05, 3.63) is 35.1 Å². The average Bonchev–Trinajstić information content (AvgIpc) is 2.70. The van der Waals surface area contributed by atoms with Crippen molar-refractivity contribution in [1.82, 2.24) is 14.8 Å². The maximum Gasteiger partial charge on any atom is 0.195 e. The first kappa shape index (κ1) is 10.5. The van der Waals surface area contributed by atoms with Crippen molar-refractivity contribution in [3.8, 4) is 5.69 Å². The first-order valence-corrected chi connectivity index (χ1v) is 6.03. The van der Waals surface area contributed by atoms with E-state index in [1.807, 2.05) is 35.9 Å². The van der Waals surface area contributed by atoms with Crippen LogP contribution in [-0.4, -0.2) is 21.0 Å². The van der Waals surface area contributed by atoms with Gasteiger partial charge in [0.1, 0.15) is 6.33 Å². The minimum absolute atomic E-state index is 0.758. The van der Waals surface area contributed by atoms with Crippen molar-refractivity contribution in [2.45, 2.75) is 12.1 Å². The van der Waals surface area contributed by atoms with Crippen LogP contribution in [0.3, 0.4) is 0 Å². The molecule has 0 amide bonds. The second kappa shape index (κ2) is 4.24. The molecule has 0 aliphatic carbocycles. The molecule has 0 spiro atoms. The summed E-state index contributed by atoms with van der Waals surface area (Å²) in [7, 11) is 0. The van der Waals surface area contributed by atoms with E-state index in [1.54, 1.807) is 18.1 Å². The van der Waals surface area contributed by atoms with Crippen molar-refractivity contribution in [2.75, 3.05) is 6.26 Å². The molecule has 15 heavy (non-hydrogen) atoms. The number of nitrogens with zero attached hydrogens (tertiary/aromatic N) is 3. The lowest BCUT2D eigenvalue weighted by Gasteiger charge is -2.06. The van der Waals surface area contributed by atoms with Gasteiger partial charge in [-0.25, -0.2) is 0 Å². The predicted octanol–water partition coefficient (Wildman–Crippen LogP) is 2.95. The van der Waals surface area contributed by atoms with Crippen molar-refractivity contribution < 1.29 is 0 Å². The summed E-state index contributed by atoms with van der Waals surface area (Å²) >= 11 is 7.62. The van der Waals surface area contributed by atoms with Gasteiger partial charge in [-0.3, -0.25) is 4.57 Å². The quantitative estimate of drug-likeness (QED) is 0.755. The van der Waals surface area contributed by atoms with Crippen LogP contribution in [-0.2, 0) is 0 Å². The van der Waals surface area contributed by atoms with E-state index in [9.17, 15) is 0 Å². The van der Waals surface area contributed by atoms with E-state index in [0.717, 1.165) is 21.4 Å². The van der Waals surface area contributed by atoms with Crippen LogP contribution in [0.15, 0.2) is 29.7 Å². The Bertz CT molecular complexity index is 481. The number of halogens is 1. The average molecular weight is 240 g/mol. The van der Waals surface area contributed by atoms with Crippen molar-refractivity contribution in [2.24, 2.45) is 0 Å². The third-order valence-corrected chi connectivity index (χ3v) is 3.18. The molecule has 2 rings (SSSR count). The second-order valence-electron chi connectivity index (χ2n) is 3.12. The van der Waals surface area contributed by atoms with E-state index in [0.29, 0.717) is 0 Å². The maximum atomic E-state index is 6.07. The Hall–Kier alpha value is -1.00. The number of aryl methyl sites for hydroxylation is 1. The van der Waals surface area contributed by atoms with Crippen LogP contribution in [0.1, 0.15) is 5.56 Å². The largest absolute Gasteiger partial charge is 0.277 e. The zero-order valence-corrected chi connectivity index (χ0v) is 10.0. The van der Waals surface area contributed by atoms with Gasteiger partial charge >= 0.3 is 0 Å². The van der Waals surface area contributed by atoms with Crippen LogP contribution in [0.25, 0.3) is 5.69 Å². The molecular weight excluding hydrogens is 230 g/mol. The molecular formula is C10H10ClN3S. The number of thioether (sulfide) groups is 1. The van der Waals surface area contributed by atoms with E-state index >= 15 is 0 Å². The van der Waals surface area contributed by atoms with Gasteiger partial charge in [-0.1, -0.05) is 29.4 Å². The van der Waals surface area contributed by atoms with Crippen LogP contribution in [0, 0.1) is 6.92 Å². The van der Waals surface area contributed by atoms with E-state index in [4.69, 9.17) is 11.6 Å².